The van der Waals surface area contributed by atoms with Crippen LogP contribution in [0.2, 0.25) is 0 Å². The molecular formula is C17H19NO2. The molecular weight excluding hydrogens is 250 g/mol. The molecule has 1 aliphatic carbocycles. The lowest BCUT2D eigenvalue weighted by Crippen LogP contribution is -2.32. The molecule has 0 radical (unpaired) electrons. The zero-order valence-electron chi connectivity index (χ0n) is 11.7. The van der Waals surface area contributed by atoms with Gasteiger partial charge in [-0.25, -0.2) is 0 Å². The normalized spacial score (nSPS) is 21.6. The molecule has 3 heteroatoms. The van der Waals surface area contributed by atoms with Crippen molar-refractivity contribution in [3.05, 3.63) is 42.1 Å². The third-order valence-corrected chi connectivity index (χ3v) is 4.01. The minimum absolute atomic E-state index is 0.226. The first-order valence-corrected chi connectivity index (χ1v) is 7.26. The number of Topliss-reactive ketones (excluding diaryl/α,β-unsaturated/α-hetero) is 1. The zero-order valence-corrected chi connectivity index (χ0v) is 11.7. The highest BCUT2D eigenvalue weighted by Gasteiger charge is 2.31. The molecule has 0 bridgehead atoms. The van der Waals surface area contributed by atoms with Crippen molar-refractivity contribution >= 4 is 16.7 Å². The van der Waals surface area contributed by atoms with E-state index in [4.69, 9.17) is 4.74 Å². The van der Waals surface area contributed by atoms with Crippen LogP contribution in [-0.4, -0.2) is 23.5 Å². The van der Waals surface area contributed by atoms with Crippen molar-refractivity contribution < 1.29 is 9.53 Å². The average molecular weight is 269 g/mol. The molecule has 0 aliphatic heterocycles. The van der Waals surface area contributed by atoms with Crippen LogP contribution in [0.3, 0.4) is 0 Å². The van der Waals surface area contributed by atoms with Crippen molar-refractivity contribution in [3.63, 3.8) is 0 Å². The van der Waals surface area contributed by atoms with Crippen molar-refractivity contribution in [2.45, 2.75) is 32.3 Å². The number of ether oxygens (including phenoxy) is 1. The highest BCUT2D eigenvalue weighted by Crippen LogP contribution is 2.34. The van der Waals surface area contributed by atoms with E-state index in [1.54, 1.807) is 6.20 Å². The van der Waals surface area contributed by atoms with Crippen LogP contribution in [-0.2, 0) is 4.74 Å². The Balaban J connectivity index is 1.71. The fourth-order valence-electron chi connectivity index (χ4n) is 2.93. The number of fused-ring (bicyclic) bond motifs is 1. The SMILES string of the molecule is CCOC1CC(CC(=O)c2cccc3ncccc23)C1. The first-order chi connectivity index (χ1) is 9.78. The van der Waals surface area contributed by atoms with Gasteiger partial charge < -0.3 is 4.74 Å². The molecule has 3 nitrogen and oxygen atoms in total. The summed E-state index contributed by atoms with van der Waals surface area (Å²) in [7, 11) is 0. The van der Waals surface area contributed by atoms with Gasteiger partial charge in [0.1, 0.15) is 0 Å². The van der Waals surface area contributed by atoms with Gasteiger partial charge in [0, 0.05) is 30.2 Å². The van der Waals surface area contributed by atoms with Crippen LogP contribution in [0, 0.1) is 5.92 Å². The minimum Gasteiger partial charge on any atom is -0.378 e. The van der Waals surface area contributed by atoms with Gasteiger partial charge in [0.15, 0.2) is 5.78 Å². The van der Waals surface area contributed by atoms with Gasteiger partial charge in [-0.2, -0.15) is 0 Å². The summed E-state index contributed by atoms with van der Waals surface area (Å²) in [4.78, 5) is 16.8. The van der Waals surface area contributed by atoms with Gasteiger partial charge in [-0.1, -0.05) is 18.2 Å². The van der Waals surface area contributed by atoms with E-state index in [1.807, 2.05) is 37.3 Å². The van der Waals surface area contributed by atoms with Gasteiger partial charge in [-0.3, -0.25) is 9.78 Å². The van der Waals surface area contributed by atoms with E-state index >= 15 is 0 Å². The predicted octanol–water partition coefficient (Wildman–Crippen LogP) is 3.62. The molecule has 2 aromatic rings. The van der Waals surface area contributed by atoms with E-state index in [1.165, 1.54) is 0 Å². The Morgan fingerprint density at radius 1 is 1.30 bits per heavy atom. The zero-order chi connectivity index (χ0) is 13.9. The van der Waals surface area contributed by atoms with Crippen molar-refractivity contribution in [2.75, 3.05) is 6.61 Å². The fourth-order valence-corrected chi connectivity index (χ4v) is 2.93. The number of hydrogen-bond donors (Lipinski definition) is 0. The Bertz CT molecular complexity index is 612. The summed E-state index contributed by atoms with van der Waals surface area (Å²) in [5, 5.41) is 0.959. The molecule has 104 valence electrons. The van der Waals surface area contributed by atoms with E-state index in [2.05, 4.69) is 4.98 Å². The fraction of sp³-hybridized carbons (Fsp3) is 0.412. The summed E-state index contributed by atoms with van der Waals surface area (Å²) in [6, 6.07) is 9.62. The van der Waals surface area contributed by atoms with Gasteiger partial charge in [-0.15, -0.1) is 0 Å². The molecule has 1 heterocycles. The highest BCUT2D eigenvalue weighted by atomic mass is 16.5. The molecule has 0 amide bonds. The summed E-state index contributed by atoms with van der Waals surface area (Å²) in [6.45, 7) is 2.78. The number of pyridine rings is 1. The number of rotatable bonds is 5. The van der Waals surface area contributed by atoms with Crippen LogP contribution < -0.4 is 0 Å². The number of benzene rings is 1. The maximum Gasteiger partial charge on any atom is 0.163 e. The second-order valence-corrected chi connectivity index (χ2v) is 5.42. The lowest BCUT2D eigenvalue weighted by molar-refractivity contribution is -0.0245. The molecule has 0 N–H and O–H groups in total. The summed E-state index contributed by atoms with van der Waals surface area (Å²) in [5.74, 6) is 0.703. The first-order valence-electron chi connectivity index (χ1n) is 7.26. The second kappa shape index (κ2) is 5.71. The summed E-state index contributed by atoms with van der Waals surface area (Å²) >= 11 is 0. The minimum atomic E-state index is 0.226. The predicted molar refractivity (Wildman–Crippen MR) is 78.8 cm³/mol. The van der Waals surface area contributed by atoms with Crippen LogP contribution >= 0.6 is 0 Å². The number of carbonyl (C=O) groups excluding carboxylic acids is 1. The molecule has 0 saturated heterocycles. The van der Waals surface area contributed by atoms with Gasteiger partial charge in [0.2, 0.25) is 0 Å². The van der Waals surface area contributed by atoms with Crippen molar-refractivity contribution in [1.82, 2.24) is 4.98 Å². The highest BCUT2D eigenvalue weighted by molar-refractivity contribution is 6.07. The van der Waals surface area contributed by atoms with E-state index in [0.717, 1.165) is 35.9 Å². The van der Waals surface area contributed by atoms with Gasteiger partial charge >= 0.3 is 0 Å². The molecule has 0 spiro atoms. The summed E-state index contributed by atoms with van der Waals surface area (Å²) in [5.41, 5.74) is 1.69. The largest absolute Gasteiger partial charge is 0.378 e. The lowest BCUT2D eigenvalue weighted by Gasteiger charge is -2.34. The van der Waals surface area contributed by atoms with Crippen molar-refractivity contribution in [3.8, 4) is 0 Å². The maximum absolute atomic E-state index is 12.5. The van der Waals surface area contributed by atoms with E-state index < -0.39 is 0 Å². The molecule has 1 saturated carbocycles. The monoisotopic (exact) mass is 269 g/mol. The molecule has 3 rings (SSSR count). The maximum atomic E-state index is 12.5. The quantitative estimate of drug-likeness (QED) is 0.778. The molecule has 1 aliphatic rings. The third kappa shape index (κ3) is 2.59. The van der Waals surface area contributed by atoms with Crippen molar-refractivity contribution in [2.24, 2.45) is 5.92 Å². The molecule has 1 fully saturated rings. The average Bonchev–Trinajstić information content (AvgIpc) is 2.44. The van der Waals surface area contributed by atoms with Gasteiger partial charge in [0.05, 0.1) is 11.6 Å². The number of ketones is 1. The summed E-state index contributed by atoms with van der Waals surface area (Å²) in [6.07, 6.45) is 4.78. The molecule has 20 heavy (non-hydrogen) atoms. The van der Waals surface area contributed by atoms with Crippen LogP contribution in [0.1, 0.15) is 36.5 Å². The molecule has 1 aromatic heterocycles. The number of hydrogen-bond acceptors (Lipinski definition) is 3. The molecule has 1 aromatic carbocycles. The van der Waals surface area contributed by atoms with Crippen LogP contribution in [0.5, 0.6) is 0 Å². The van der Waals surface area contributed by atoms with Gasteiger partial charge in [0.25, 0.3) is 0 Å². The summed E-state index contributed by atoms with van der Waals surface area (Å²) < 4.78 is 5.54. The van der Waals surface area contributed by atoms with E-state index in [9.17, 15) is 4.79 Å². The Kier molecular flexibility index (Phi) is 3.79. The molecule has 0 unspecified atom stereocenters. The first kappa shape index (κ1) is 13.3. The topological polar surface area (TPSA) is 39.2 Å². The third-order valence-electron chi connectivity index (χ3n) is 4.01. The molecule has 0 atom stereocenters. The Morgan fingerprint density at radius 3 is 2.95 bits per heavy atom. The number of carbonyl (C=O) groups is 1. The van der Waals surface area contributed by atoms with E-state index in [0.29, 0.717) is 18.4 Å². The van der Waals surface area contributed by atoms with Crippen LogP contribution in [0.4, 0.5) is 0 Å². The Morgan fingerprint density at radius 2 is 2.15 bits per heavy atom. The Labute approximate surface area is 119 Å². The van der Waals surface area contributed by atoms with Gasteiger partial charge in [-0.05, 0) is 37.8 Å². The lowest BCUT2D eigenvalue weighted by atomic mass is 9.78. The second-order valence-electron chi connectivity index (χ2n) is 5.42. The standard InChI is InChI=1S/C17H19NO2/c1-2-20-13-9-12(10-13)11-17(19)15-5-3-7-16-14(15)6-4-8-18-16/h3-8,12-13H,2,9-11H2,1H3. The van der Waals surface area contributed by atoms with Crippen LogP contribution in [0.15, 0.2) is 36.5 Å². The van der Waals surface area contributed by atoms with Crippen molar-refractivity contribution in [1.29, 1.82) is 0 Å². The van der Waals surface area contributed by atoms with Crippen LogP contribution in [0.25, 0.3) is 10.9 Å². The number of aromatic nitrogens is 1. The van der Waals surface area contributed by atoms with E-state index in [-0.39, 0.29) is 5.78 Å². The Hall–Kier alpha value is -1.74. The number of nitrogens with zero attached hydrogens (tertiary/aromatic N) is 1. The smallest absolute Gasteiger partial charge is 0.163 e.